The molecule has 1 saturated heterocycles. The van der Waals surface area contributed by atoms with Crippen molar-refractivity contribution >= 4 is 39.8 Å². The molecular weight excluding hydrogens is 472 g/mol. The highest BCUT2D eigenvalue weighted by Gasteiger charge is 2.35. The van der Waals surface area contributed by atoms with Crippen molar-refractivity contribution in [2.45, 2.75) is 31.8 Å². The van der Waals surface area contributed by atoms with Gasteiger partial charge in [0.2, 0.25) is 0 Å². The van der Waals surface area contributed by atoms with Gasteiger partial charge in [-0.25, -0.2) is 0 Å². The van der Waals surface area contributed by atoms with Gasteiger partial charge >= 0.3 is 5.97 Å². The second kappa shape index (κ2) is 11.5. The fourth-order valence-corrected chi connectivity index (χ4v) is 5.96. The molecule has 1 N–H and O–H groups in total. The monoisotopic (exact) mass is 502 g/mol. The second-order valence-corrected chi connectivity index (χ2v) is 10.6. The maximum atomic E-state index is 12.6. The van der Waals surface area contributed by atoms with Gasteiger partial charge in [0.05, 0.1) is 36.1 Å². The van der Waals surface area contributed by atoms with Crippen molar-refractivity contribution in [3.8, 4) is 5.75 Å². The van der Waals surface area contributed by atoms with Gasteiger partial charge in [-0.05, 0) is 80.1 Å². The number of aliphatic hydroxyl groups is 1. The number of carbonyl (C=O) groups is 1. The predicted molar refractivity (Wildman–Crippen MR) is 136 cm³/mol. The van der Waals surface area contributed by atoms with Crippen LogP contribution in [0.4, 0.5) is 0 Å². The van der Waals surface area contributed by atoms with E-state index >= 15 is 0 Å². The van der Waals surface area contributed by atoms with Crippen molar-refractivity contribution in [1.82, 2.24) is 9.88 Å². The Hall–Kier alpha value is -2.19. The molecule has 0 saturated carbocycles. The fourth-order valence-electron chi connectivity index (χ4n) is 4.88. The van der Waals surface area contributed by atoms with Gasteiger partial charge in [-0.2, -0.15) is 0 Å². The Morgan fingerprint density at radius 3 is 2.88 bits per heavy atom. The number of likely N-dealkylation sites (tertiary alicyclic amines) is 1. The van der Waals surface area contributed by atoms with Crippen molar-refractivity contribution in [3.05, 3.63) is 57.4 Å². The van der Waals surface area contributed by atoms with Crippen molar-refractivity contribution in [2.24, 2.45) is 11.8 Å². The summed E-state index contributed by atoms with van der Waals surface area (Å²) in [6.07, 6.45) is 4.24. The molecular formula is C26H31ClN2O4S. The third-order valence-corrected chi connectivity index (χ3v) is 8.09. The third kappa shape index (κ3) is 5.89. The quantitative estimate of drug-likeness (QED) is 0.409. The number of carbonyl (C=O) groups excluding carboxylic acids is 1. The predicted octanol–water partition coefficient (Wildman–Crippen LogP) is 5.13. The van der Waals surface area contributed by atoms with Crippen molar-refractivity contribution in [2.75, 3.05) is 33.9 Å². The summed E-state index contributed by atoms with van der Waals surface area (Å²) in [7, 11) is 3.08. The summed E-state index contributed by atoms with van der Waals surface area (Å²) in [6.45, 7) is 2.51. The van der Waals surface area contributed by atoms with Crippen LogP contribution < -0.4 is 4.74 Å². The van der Waals surface area contributed by atoms with Gasteiger partial charge in [0.15, 0.2) is 0 Å². The Kier molecular flexibility index (Phi) is 8.42. The van der Waals surface area contributed by atoms with Crippen LogP contribution in [-0.4, -0.2) is 54.8 Å². The number of ether oxygens (including phenoxy) is 2. The molecule has 1 fully saturated rings. The molecule has 0 bridgehead atoms. The van der Waals surface area contributed by atoms with Crippen molar-refractivity contribution in [1.29, 1.82) is 0 Å². The number of hydrogen-bond acceptors (Lipinski definition) is 7. The van der Waals surface area contributed by atoms with E-state index in [9.17, 15) is 9.90 Å². The van der Waals surface area contributed by atoms with E-state index in [-0.39, 0.29) is 17.8 Å². The number of fused-ring (bicyclic) bond motifs is 1. The summed E-state index contributed by atoms with van der Waals surface area (Å²) >= 11 is 7.66. The maximum Gasteiger partial charge on any atom is 0.310 e. The molecule has 0 aliphatic carbocycles. The molecule has 0 spiro atoms. The van der Waals surface area contributed by atoms with Gasteiger partial charge in [0.25, 0.3) is 0 Å². The average Bonchev–Trinajstić information content (AvgIpc) is 3.29. The summed E-state index contributed by atoms with van der Waals surface area (Å²) in [4.78, 5) is 20.6. The number of halogens is 1. The van der Waals surface area contributed by atoms with Gasteiger partial charge in [-0.3, -0.25) is 9.78 Å². The van der Waals surface area contributed by atoms with Crippen LogP contribution in [-0.2, 0) is 16.0 Å². The lowest BCUT2D eigenvalue weighted by Gasteiger charge is -2.37. The van der Waals surface area contributed by atoms with E-state index in [0.29, 0.717) is 13.0 Å². The lowest BCUT2D eigenvalue weighted by Crippen LogP contribution is -2.45. The van der Waals surface area contributed by atoms with Crippen molar-refractivity contribution < 1.29 is 19.4 Å². The average molecular weight is 503 g/mol. The van der Waals surface area contributed by atoms with E-state index in [1.807, 2.05) is 30.3 Å². The van der Waals surface area contributed by atoms with E-state index in [0.717, 1.165) is 58.9 Å². The van der Waals surface area contributed by atoms with Crippen LogP contribution in [0.5, 0.6) is 5.75 Å². The number of aliphatic hydroxyl groups excluding tert-OH is 1. The maximum absolute atomic E-state index is 12.6. The van der Waals surface area contributed by atoms with E-state index in [1.54, 1.807) is 24.6 Å². The molecule has 0 amide bonds. The Labute approximate surface area is 209 Å². The molecule has 1 unspecified atom stereocenters. The van der Waals surface area contributed by atoms with Crippen LogP contribution in [0, 0.1) is 11.8 Å². The number of aromatic nitrogens is 1. The number of nitrogens with zero attached hydrogens (tertiary/aromatic N) is 2. The number of pyridine rings is 1. The van der Waals surface area contributed by atoms with Crippen molar-refractivity contribution in [3.63, 3.8) is 0 Å². The zero-order chi connectivity index (χ0) is 24.1. The molecule has 3 heterocycles. The molecule has 3 atom stereocenters. The Morgan fingerprint density at radius 2 is 2.15 bits per heavy atom. The highest BCUT2D eigenvalue weighted by atomic mass is 35.5. The summed E-state index contributed by atoms with van der Waals surface area (Å²) < 4.78 is 11.3. The molecule has 1 aliphatic heterocycles. The minimum absolute atomic E-state index is 0.164. The molecule has 34 heavy (non-hydrogen) atoms. The largest absolute Gasteiger partial charge is 0.497 e. The Bertz CT molecular complexity index is 1120. The lowest BCUT2D eigenvalue weighted by atomic mass is 9.81. The number of esters is 1. The second-order valence-electron chi connectivity index (χ2n) is 8.81. The van der Waals surface area contributed by atoms with Gasteiger partial charge in [-0.1, -0.05) is 11.6 Å². The summed E-state index contributed by atoms with van der Waals surface area (Å²) in [5.74, 6) is 0.559. The van der Waals surface area contributed by atoms with Crippen LogP contribution in [0.2, 0.25) is 4.34 Å². The third-order valence-electron chi connectivity index (χ3n) is 6.80. The van der Waals surface area contributed by atoms with Crippen LogP contribution in [0.15, 0.2) is 42.6 Å². The van der Waals surface area contributed by atoms with E-state index in [1.165, 1.54) is 12.0 Å². The summed E-state index contributed by atoms with van der Waals surface area (Å²) in [5, 5.41) is 11.9. The number of hydrogen-bond donors (Lipinski definition) is 1. The van der Waals surface area contributed by atoms with Crippen LogP contribution in [0.3, 0.4) is 0 Å². The molecule has 1 aliphatic rings. The first kappa shape index (κ1) is 24.9. The molecule has 6 nitrogen and oxygen atoms in total. The Balaban J connectivity index is 1.39. The molecule has 0 radical (unpaired) electrons. The van der Waals surface area contributed by atoms with Gasteiger partial charge < -0.3 is 19.5 Å². The molecule has 182 valence electrons. The first-order valence-corrected chi connectivity index (χ1v) is 12.8. The first-order valence-electron chi connectivity index (χ1n) is 11.6. The van der Waals surface area contributed by atoms with Gasteiger partial charge in [0.1, 0.15) is 5.75 Å². The molecule has 3 aromatic rings. The molecule has 4 rings (SSSR count). The van der Waals surface area contributed by atoms with Gasteiger partial charge in [0, 0.05) is 29.5 Å². The highest BCUT2D eigenvalue weighted by Crippen LogP contribution is 2.34. The molecule has 2 aromatic heterocycles. The molecule has 1 aromatic carbocycles. The fraction of sp³-hybridized carbons (Fsp3) is 0.462. The zero-order valence-electron chi connectivity index (χ0n) is 19.6. The van der Waals surface area contributed by atoms with E-state index < -0.39 is 6.10 Å². The van der Waals surface area contributed by atoms with Crippen LogP contribution in [0.25, 0.3) is 10.9 Å². The number of rotatable bonds is 9. The first-order chi connectivity index (χ1) is 16.5. The summed E-state index contributed by atoms with van der Waals surface area (Å²) in [5.41, 5.74) is 1.66. The van der Waals surface area contributed by atoms with Gasteiger partial charge in [-0.15, -0.1) is 11.3 Å². The lowest BCUT2D eigenvalue weighted by molar-refractivity contribution is -0.150. The van der Waals surface area contributed by atoms with Crippen LogP contribution in [0.1, 0.15) is 35.8 Å². The topological polar surface area (TPSA) is 71.9 Å². The van der Waals surface area contributed by atoms with Crippen LogP contribution >= 0.6 is 22.9 Å². The number of benzene rings is 1. The minimum atomic E-state index is -0.641. The Morgan fingerprint density at radius 1 is 1.29 bits per heavy atom. The number of piperidine rings is 1. The SMILES string of the molecule is COC(=O)[C@H]1CN(CCc2ccc(Cl)s2)CC[C@H]1CCC(O)c1ccnc2ccc(OC)cc12. The smallest absolute Gasteiger partial charge is 0.310 e. The standard InChI is InChI=1S/C26H31ClN2O4S/c1-32-18-4-6-23-21(15-18)20(9-12-28-23)24(30)7-3-17-10-13-29(16-22(17)26(31)33-2)14-11-19-5-8-25(27)34-19/h4-6,8-9,12,15,17,22,24,30H,3,7,10-11,13-14,16H2,1-2H3/t17-,22+,24?/m1/s1. The van der Waals surface area contributed by atoms with E-state index in [4.69, 9.17) is 21.1 Å². The normalized spacial score (nSPS) is 19.8. The number of thiophene rings is 1. The zero-order valence-corrected chi connectivity index (χ0v) is 21.1. The summed E-state index contributed by atoms with van der Waals surface area (Å²) in [6, 6.07) is 11.5. The highest BCUT2D eigenvalue weighted by molar-refractivity contribution is 7.16. The molecule has 8 heteroatoms. The van der Waals surface area contributed by atoms with E-state index in [2.05, 4.69) is 16.0 Å². The number of methoxy groups -OCH3 is 2. The minimum Gasteiger partial charge on any atom is -0.497 e.